The molecule has 7 atom stereocenters. The van der Waals surface area contributed by atoms with Crippen molar-refractivity contribution in [1.82, 2.24) is 5.01 Å². The first-order chi connectivity index (χ1) is 16.0. The predicted molar refractivity (Wildman–Crippen MR) is 144 cm³/mol. The van der Waals surface area contributed by atoms with Crippen molar-refractivity contribution in [3.05, 3.63) is 23.8 Å². The van der Waals surface area contributed by atoms with Crippen LogP contribution in [0.4, 0.5) is 0 Å². The Hall–Kier alpha value is -2.30. The lowest BCUT2D eigenvalue weighted by atomic mass is 9.45. The molecule has 0 aromatic carbocycles. The molecule has 1 N–H and O–H groups in total. The Kier molecular flexibility index (Phi) is 9.98. The van der Waals surface area contributed by atoms with E-state index in [4.69, 9.17) is 5.10 Å². The average Bonchev–Trinajstić information content (AvgIpc) is 3.09. The molecular weight excluding hydrogens is 420 g/mol. The second kappa shape index (κ2) is 11.4. The SMILES string of the molecule is C#C.C#C.C/C(=N\N(C)C)[C@@]1(C)CCC2C3CCC4=CC(=O)C=CC4(C)C3C(O)CC21C.CC. The third-order valence-corrected chi connectivity index (χ3v) is 9.25. The predicted octanol–water partition coefficient (Wildman–Crippen LogP) is 5.73. The monoisotopic (exact) mass is 466 g/mol. The highest BCUT2D eigenvalue weighted by molar-refractivity contribution is 6.01. The summed E-state index contributed by atoms with van der Waals surface area (Å²) in [5, 5.41) is 18.2. The van der Waals surface area contributed by atoms with Crippen molar-refractivity contribution in [2.75, 3.05) is 14.1 Å². The maximum Gasteiger partial charge on any atom is 0.178 e. The molecule has 0 spiro atoms. The molecule has 0 saturated heterocycles. The molecule has 4 aliphatic carbocycles. The first-order valence-corrected chi connectivity index (χ1v) is 12.5. The van der Waals surface area contributed by atoms with Crippen LogP contribution in [0, 0.1) is 59.7 Å². The Morgan fingerprint density at radius 1 is 1.12 bits per heavy atom. The van der Waals surface area contributed by atoms with E-state index in [9.17, 15) is 9.90 Å². The third kappa shape index (κ3) is 4.63. The second-order valence-electron chi connectivity index (χ2n) is 10.6. The van der Waals surface area contributed by atoms with Crippen LogP contribution in [0.2, 0.25) is 0 Å². The highest BCUT2D eigenvalue weighted by atomic mass is 16.3. The van der Waals surface area contributed by atoms with Crippen LogP contribution in [0.3, 0.4) is 0 Å². The summed E-state index contributed by atoms with van der Waals surface area (Å²) in [6.07, 6.45) is 26.5. The van der Waals surface area contributed by atoms with Crippen molar-refractivity contribution in [1.29, 1.82) is 0 Å². The Morgan fingerprint density at radius 2 is 1.71 bits per heavy atom. The van der Waals surface area contributed by atoms with Gasteiger partial charge in [-0.2, -0.15) is 5.10 Å². The molecule has 34 heavy (non-hydrogen) atoms. The van der Waals surface area contributed by atoms with Crippen molar-refractivity contribution in [3.8, 4) is 25.7 Å². The number of hydrogen-bond donors (Lipinski definition) is 1. The number of allylic oxidation sites excluding steroid dienone is 4. The fraction of sp³-hybridized carbons (Fsp3) is 0.667. The van der Waals surface area contributed by atoms with Crippen LogP contribution in [0.15, 0.2) is 28.9 Å². The highest BCUT2D eigenvalue weighted by Crippen LogP contribution is 2.69. The van der Waals surface area contributed by atoms with E-state index in [1.807, 2.05) is 39.0 Å². The number of fused-ring (bicyclic) bond motifs is 5. The molecule has 4 aliphatic rings. The molecule has 188 valence electrons. The van der Waals surface area contributed by atoms with Gasteiger partial charge in [-0.1, -0.05) is 46.3 Å². The van der Waals surface area contributed by atoms with Crippen LogP contribution in [0.25, 0.3) is 0 Å². The normalized spacial score (nSPS) is 39.7. The van der Waals surface area contributed by atoms with Crippen LogP contribution >= 0.6 is 0 Å². The molecule has 0 bridgehead atoms. The Balaban J connectivity index is 0.000000894. The lowest BCUT2D eigenvalue weighted by molar-refractivity contribution is -0.123. The fourth-order valence-electron chi connectivity index (χ4n) is 7.57. The van der Waals surface area contributed by atoms with Crippen molar-refractivity contribution in [2.45, 2.75) is 79.8 Å². The number of ketones is 1. The van der Waals surface area contributed by atoms with Gasteiger partial charge in [0.05, 0.1) is 6.10 Å². The van der Waals surface area contributed by atoms with E-state index in [1.54, 1.807) is 6.08 Å². The average molecular weight is 467 g/mol. The minimum absolute atomic E-state index is 0.0171. The van der Waals surface area contributed by atoms with Gasteiger partial charge in [0.15, 0.2) is 5.78 Å². The van der Waals surface area contributed by atoms with Crippen molar-refractivity contribution in [3.63, 3.8) is 0 Å². The van der Waals surface area contributed by atoms with Gasteiger partial charge in [-0.15, -0.1) is 25.7 Å². The molecule has 3 fully saturated rings. The van der Waals surface area contributed by atoms with Crippen LogP contribution in [-0.4, -0.2) is 41.8 Å². The van der Waals surface area contributed by atoms with E-state index in [0.29, 0.717) is 11.8 Å². The quantitative estimate of drug-likeness (QED) is 0.321. The van der Waals surface area contributed by atoms with E-state index in [0.717, 1.165) is 25.7 Å². The molecule has 0 aromatic rings. The summed E-state index contributed by atoms with van der Waals surface area (Å²) in [6.45, 7) is 13.2. The van der Waals surface area contributed by atoms with Gasteiger partial charge in [-0.25, -0.2) is 0 Å². The molecule has 0 amide bonds. The highest BCUT2D eigenvalue weighted by Gasteiger charge is 2.65. The van der Waals surface area contributed by atoms with Gasteiger partial charge in [0.2, 0.25) is 0 Å². The first-order valence-electron chi connectivity index (χ1n) is 12.5. The van der Waals surface area contributed by atoms with Crippen molar-refractivity contribution in [2.24, 2.45) is 39.1 Å². The maximum absolute atomic E-state index is 11.9. The number of rotatable bonds is 2. The van der Waals surface area contributed by atoms with Gasteiger partial charge in [0.25, 0.3) is 0 Å². The zero-order valence-corrected chi connectivity index (χ0v) is 22.6. The fourth-order valence-corrected chi connectivity index (χ4v) is 7.57. The number of aliphatic hydroxyl groups excluding tert-OH is 1. The van der Waals surface area contributed by atoms with E-state index < -0.39 is 0 Å². The topological polar surface area (TPSA) is 52.9 Å². The zero-order chi connectivity index (χ0) is 26.5. The third-order valence-electron chi connectivity index (χ3n) is 9.25. The summed E-state index contributed by atoms with van der Waals surface area (Å²) in [5.74, 6) is 1.42. The van der Waals surface area contributed by atoms with Gasteiger partial charge >= 0.3 is 0 Å². The number of carbonyl (C=O) groups is 1. The van der Waals surface area contributed by atoms with Crippen molar-refractivity contribution < 1.29 is 9.90 Å². The summed E-state index contributed by atoms with van der Waals surface area (Å²) in [5.41, 5.74) is 2.32. The van der Waals surface area contributed by atoms with Crippen LogP contribution in [0.5, 0.6) is 0 Å². The lowest BCUT2D eigenvalue weighted by Crippen LogP contribution is -2.58. The van der Waals surface area contributed by atoms with Crippen LogP contribution < -0.4 is 0 Å². The number of carbonyl (C=O) groups excluding carboxylic acids is 1. The number of terminal acetylenes is 2. The maximum atomic E-state index is 11.9. The molecule has 0 radical (unpaired) electrons. The Bertz CT molecular complexity index is 858. The Morgan fingerprint density at radius 3 is 2.26 bits per heavy atom. The van der Waals surface area contributed by atoms with Gasteiger partial charge in [0, 0.05) is 36.6 Å². The van der Waals surface area contributed by atoms with Gasteiger partial charge in [-0.3, -0.25) is 4.79 Å². The summed E-state index contributed by atoms with van der Waals surface area (Å²) in [6, 6.07) is 0. The Labute approximate surface area is 209 Å². The summed E-state index contributed by atoms with van der Waals surface area (Å²) in [4.78, 5) is 11.9. The molecule has 4 nitrogen and oxygen atoms in total. The lowest BCUT2D eigenvalue weighted by Gasteiger charge is -2.60. The van der Waals surface area contributed by atoms with E-state index in [-0.39, 0.29) is 34.1 Å². The molecule has 0 heterocycles. The van der Waals surface area contributed by atoms with Crippen molar-refractivity contribution >= 4 is 11.5 Å². The molecule has 4 heteroatoms. The van der Waals surface area contributed by atoms with Gasteiger partial charge in [-0.05, 0) is 68.4 Å². The number of hydrazone groups is 1. The summed E-state index contributed by atoms with van der Waals surface area (Å²) < 4.78 is 0. The molecular formula is C30H46N2O2. The summed E-state index contributed by atoms with van der Waals surface area (Å²) in [7, 11) is 3.97. The minimum atomic E-state index is -0.345. The number of nitrogens with zero attached hydrogens (tertiary/aromatic N) is 2. The standard InChI is InChI=1S/C24H36N2O2.C2H6.2C2H2/c1-15(25-26(5)6)23(3)12-10-19-18-8-7-16-13-17(27)9-11-22(16,2)21(18)20(28)14-24(19,23)4;3*1-2/h9,11,13,18-21,28H,7-8,10,12,14H2,1-6H3;1-2H3;2*1-2H/b25-15+;;;/t18?,19?,20?,21?,22?,23-,24?;;;/m1.../s1. The number of hydrogen-bond acceptors (Lipinski definition) is 4. The van der Waals surface area contributed by atoms with Crippen LogP contribution in [-0.2, 0) is 4.79 Å². The summed E-state index contributed by atoms with van der Waals surface area (Å²) >= 11 is 0. The molecule has 0 aliphatic heterocycles. The van der Waals surface area contributed by atoms with E-state index >= 15 is 0 Å². The largest absolute Gasteiger partial charge is 0.393 e. The zero-order valence-electron chi connectivity index (χ0n) is 22.6. The van der Waals surface area contributed by atoms with Gasteiger partial charge < -0.3 is 10.1 Å². The first kappa shape index (κ1) is 29.7. The van der Waals surface area contributed by atoms with Gasteiger partial charge in [0.1, 0.15) is 0 Å². The van der Waals surface area contributed by atoms with Crippen LogP contribution in [0.1, 0.15) is 73.6 Å². The van der Waals surface area contributed by atoms with E-state index in [2.05, 4.69) is 59.5 Å². The second-order valence-corrected chi connectivity index (χ2v) is 10.6. The number of aliphatic hydroxyl groups is 1. The molecule has 6 unspecified atom stereocenters. The smallest absolute Gasteiger partial charge is 0.178 e. The van der Waals surface area contributed by atoms with E-state index in [1.165, 1.54) is 17.7 Å². The minimum Gasteiger partial charge on any atom is -0.393 e. The molecule has 3 saturated carbocycles. The molecule has 0 aromatic heterocycles. The molecule has 4 rings (SSSR count).